The smallest absolute Gasteiger partial charge is 0.154 e. The van der Waals surface area contributed by atoms with Gasteiger partial charge in [0.25, 0.3) is 0 Å². The van der Waals surface area contributed by atoms with E-state index in [0.717, 1.165) is 22.7 Å². The summed E-state index contributed by atoms with van der Waals surface area (Å²) in [5.41, 5.74) is 2.43. The van der Waals surface area contributed by atoms with E-state index < -0.39 is 0 Å². The van der Waals surface area contributed by atoms with Gasteiger partial charge in [0.2, 0.25) is 0 Å². The standard InChI is InChI=1S/C15H18N2OS/c1-11-13(10-18)14(19-15(2,3)4)17(16-11)12-8-6-5-7-9-12/h5-10H,1-4H3. The Morgan fingerprint density at radius 1 is 1.21 bits per heavy atom. The third kappa shape index (κ3) is 3.07. The Bertz CT molecular complexity index is 582. The Hall–Kier alpha value is -1.55. The molecule has 2 rings (SSSR count). The van der Waals surface area contributed by atoms with Gasteiger partial charge in [-0.05, 0) is 19.1 Å². The van der Waals surface area contributed by atoms with Crippen LogP contribution in [0.5, 0.6) is 0 Å². The maximum absolute atomic E-state index is 11.3. The Morgan fingerprint density at radius 3 is 2.37 bits per heavy atom. The van der Waals surface area contributed by atoms with Crippen molar-refractivity contribution in [1.29, 1.82) is 0 Å². The van der Waals surface area contributed by atoms with Crippen LogP contribution >= 0.6 is 11.8 Å². The van der Waals surface area contributed by atoms with Crippen LogP contribution < -0.4 is 0 Å². The number of thioether (sulfide) groups is 1. The van der Waals surface area contributed by atoms with Gasteiger partial charge in [-0.15, -0.1) is 0 Å². The van der Waals surface area contributed by atoms with Crippen molar-refractivity contribution in [3.05, 3.63) is 41.6 Å². The zero-order chi connectivity index (χ0) is 14.0. The maximum Gasteiger partial charge on any atom is 0.154 e. The van der Waals surface area contributed by atoms with Gasteiger partial charge < -0.3 is 0 Å². The number of rotatable bonds is 3. The Kier molecular flexibility index (Phi) is 3.80. The van der Waals surface area contributed by atoms with E-state index >= 15 is 0 Å². The molecular formula is C15H18N2OS. The van der Waals surface area contributed by atoms with Crippen LogP contribution in [0.2, 0.25) is 0 Å². The molecule has 0 N–H and O–H groups in total. The Balaban J connectivity index is 2.58. The minimum absolute atomic E-state index is 0.0246. The summed E-state index contributed by atoms with van der Waals surface area (Å²) in [6.45, 7) is 8.26. The second-order valence-electron chi connectivity index (χ2n) is 5.38. The zero-order valence-electron chi connectivity index (χ0n) is 11.7. The molecule has 3 nitrogen and oxygen atoms in total. The van der Waals surface area contributed by atoms with Gasteiger partial charge in [0, 0.05) is 4.75 Å². The van der Waals surface area contributed by atoms with E-state index in [1.54, 1.807) is 11.8 Å². The van der Waals surface area contributed by atoms with E-state index in [9.17, 15) is 4.79 Å². The molecule has 0 radical (unpaired) electrons. The highest BCUT2D eigenvalue weighted by molar-refractivity contribution is 8.00. The van der Waals surface area contributed by atoms with Gasteiger partial charge in [-0.25, -0.2) is 4.68 Å². The molecule has 0 spiro atoms. The van der Waals surface area contributed by atoms with Crippen molar-refractivity contribution in [2.75, 3.05) is 0 Å². The van der Waals surface area contributed by atoms with Crippen molar-refractivity contribution >= 4 is 18.0 Å². The molecule has 0 aliphatic carbocycles. The van der Waals surface area contributed by atoms with E-state index in [4.69, 9.17) is 0 Å². The molecule has 0 unspecified atom stereocenters. The van der Waals surface area contributed by atoms with Gasteiger partial charge in [-0.3, -0.25) is 4.79 Å². The van der Waals surface area contributed by atoms with Gasteiger partial charge in [0.15, 0.2) is 6.29 Å². The van der Waals surface area contributed by atoms with Crippen LogP contribution in [0, 0.1) is 6.92 Å². The van der Waals surface area contributed by atoms with Gasteiger partial charge >= 0.3 is 0 Å². The quantitative estimate of drug-likeness (QED) is 0.629. The van der Waals surface area contributed by atoms with E-state index in [1.165, 1.54) is 0 Å². The topological polar surface area (TPSA) is 34.9 Å². The molecule has 0 fully saturated rings. The first-order valence-electron chi connectivity index (χ1n) is 6.21. The summed E-state index contributed by atoms with van der Waals surface area (Å²) in [6.07, 6.45) is 0.899. The molecule has 0 saturated carbocycles. The third-order valence-electron chi connectivity index (χ3n) is 2.58. The fraction of sp³-hybridized carbons (Fsp3) is 0.333. The minimum Gasteiger partial charge on any atom is -0.298 e. The number of aromatic nitrogens is 2. The van der Waals surface area contributed by atoms with Crippen molar-refractivity contribution < 1.29 is 4.79 Å². The maximum atomic E-state index is 11.3. The molecule has 4 heteroatoms. The number of aldehydes is 1. The largest absolute Gasteiger partial charge is 0.298 e. The number of carbonyl (C=O) groups is 1. The van der Waals surface area contributed by atoms with Crippen LogP contribution in [0.25, 0.3) is 5.69 Å². The second kappa shape index (κ2) is 5.21. The summed E-state index contributed by atoms with van der Waals surface area (Å²) in [5.74, 6) is 0. The normalized spacial score (nSPS) is 11.6. The van der Waals surface area contributed by atoms with E-state index in [2.05, 4.69) is 25.9 Å². The van der Waals surface area contributed by atoms with Gasteiger partial charge in [0.05, 0.1) is 16.9 Å². The molecule has 19 heavy (non-hydrogen) atoms. The van der Waals surface area contributed by atoms with Crippen LogP contribution in [0.15, 0.2) is 35.4 Å². The van der Waals surface area contributed by atoms with Crippen LogP contribution in [0.1, 0.15) is 36.8 Å². The molecule has 0 bridgehead atoms. The fourth-order valence-corrected chi connectivity index (χ4v) is 2.90. The molecule has 0 saturated heterocycles. The molecule has 1 heterocycles. The van der Waals surface area contributed by atoms with E-state index in [1.807, 2.05) is 41.9 Å². The zero-order valence-corrected chi connectivity index (χ0v) is 12.5. The average molecular weight is 274 g/mol. The van der Waals surface area contributed by atoms with Crippen molar-refractivity contribution in [3.63, 3.8) is 0 Å². The van der Waals surface area contributed by atoms with Crippen LogP contribution in [0.3, 0.4) is 0 Å². The van der Waals surface area contributed by atoms with Gasteiger partial charge in [0.1, 0.15) is 5.03 Å². The summed E-state index contributed by atoms with van der Waals surface area (Å²) in [7, 11) is 0. The summed E-state index contributed by atoms with van der Waals surface area (Å²) >= 11 is 1.66. The monoisotopic (exact) mass is 274 g/mol. The molecule has 1 aromatic heterocycles. The fourth-order valence-electron chi connectivity index (χ4n) is 1.79. The highest BCUT2D eigenvalue weighted by Crippen LogP contribution is 2.36. The van der Waals surface area contributed by atoms with Crippen molar-refractivity contribution in [1.82, 2.24) is 9.78 Å². The number of carbonyl (C=O) groups excluding carboxylic acids is 1. The summed E-state index contributed by atoms with van der Waals surface area (Å²) in [4.78, 5) is 11.3. The van der Waals surface area contributed by atoms with Crippen molar-refractivity contribution in [2.45, 2.75) is 37.5 Å². The molecule has 0 aliphatic rings. The van der Waals surface area contributed by atoms with Crippen molar-refractivity contribution in [2.24, 2.45) is 0 Å². The summed E-state index contributed by atoms with van der Waals surface area (Å²) in [5, 5.41) is 5.41. The molecule has 0 amide bonds. The van der Waals surface area contributed by atoms with E-state index in [0.29, 0.717) is 5.56 Å². The first kappa shape index (κ1) is 13.9. The lowest BCUT2D eigenvalue weighted by Crippen LogP contribution is -2.10. The lowest BCUT2D eigenvalue weighted by molar-refractivity contribution is 0.112. The number of hydrogen-bond acceptors (Lipinski definition) is 3. The Morgan fingerprint density at radius 2 is 1.84 bits per heavy atom. The number of hydrogen-bond donors (Lipinski definition) is 0. The second-order valence-corrected chi connectivity index (χ2v) is 7.20. The molecular weight excluding hydrogens is 256 g/mol. The molecule has 0 aliphatic heterocycles. The average Bonchev–Trinajstić information content (AvgIpc) is 2.64. The Labute approximate surface area is 118 Å². The predicted molar refractivity (Wildman–Crippen MR) is 79.3 cm³/mol. The van der Waals surface area contributed by atoms with Crippen LogP contribution in [-0.2, 0) is 0 Å². The highest BCUT2D eigenvalue weighted by atomic mass is 32.2. The minimum atomic E-state index is 0.0246. The SMILES string of the molecule is Cc1nn(-c2ccccc2)c(SC(C)(C)C)c1C=O. The molecule has 0 atom stereocenters. The summed E-state index contributed by atoms with van der Waals surface area (Å²) < 4.78 is 1.88. The lowest BCUT2D eigenvalue weighted by Gasteiger charge is -2.18. The van der Waals surface area contributed by atoms with Crippen molar-refractivity contribution in [3.8, 4) is 5.69 Å². The molecule has 2 aromatic rings. The molecule has 1 aromatic carbocycles. The van der Waals surface area contributed by atoms with Crippen LogP contribution in [0.4, 0.5) is 0 Å². The first-order chi connectivity index (χ1) is 8.92. The molecule has 100 valence electrons. The summed E-state index contributed by atoms with van der Waals surface area (Å²) in [6, 6.07) is 9.90. The van der Waals surface area contributed by atoms with Gasteiger partial charge in [-0.1, -0.05) is 50.7 Å². The highest BCUT2D eigenvalue weighted by Gasteiger charge is 2.22. The lowest BCUT2D eigenvalue weighted by atomic mass is 10.3. The third-order valence-corrected chi connectivity index (χ3v) is 3.78. The van der Waals surface area contributed by atoms with Gasteiger partial charge in [-0.2, -0.15) is 5.10 Å². The number of para-hydroxylation sites is 1. The van der Waals surface area contributed by atoms with Crippen LogP contribution in [-0.4, -0.2) is 20.8 Å². The number of nitrogens with zero attached hydrogens (tertiary/aromatic N) is 2. The predicted octanol–water partition coefficient (Wildman–Crippen LogP) is 3.88. The number of aryl methyl sites for hydroxylation is 1. The first-order valence-corrected chi connectivity index (χ1v) is 7.03. The number of benzene rings is 1. The van der Waals surface area contributed by atoms with E-state index in [-0.39, 0.29) is 4.75 Å².